The summed E-state index contributed by atoms with van der Waals surface area (Å²) in [6, 6.07) is 21.7. The fourth-order valence-corrected chi connectivity index (χ4v) is 2.81. The average molecular weight is 395 g/mol. The molecule has 0 bridgehead atoms. The summed E-state index contributed by atoms with van der Waals surface area (Å²) in [7, 11) is 1.33. The van der Waals surface area contributed by atoms with Crippen LogP contribution in [0.1, 0.15) is 15.9 Å². The molecule has 0 aromatic heterocycles. The van der Waals surface area contributed by atoms with E-state index in [0.717, 1.165) is 11.3 Å². The predicted molar refractivity (Wildman–Crippen MR) is 111 cm³/mol. The summed E-state index contributed by atoms with van der Waals surface area (Å²) in [5.74, 6) is -0.517. The number of carbonyl (C=O) groups excluding carboxylic acids is 2. The smallest absolute Gasteiger partial charge is 0.337 e. The van der Waals surface area contributed by atoms with Crippen LogP contribution in [0, 0.1) is 0 Å². The minimum atomic E-state index is -0.434. The molecular weight excluding hydrogens is 376 g/mol. The Labute approximate surface area is 168 Å². The van der Waals surface area contributed by atoms with Gasteiger partial charge in [-0.05, 0) is 48.0 Å². The molecule has 0 fully saturated rings. The van der Waals surface area contributed by atoms with E-state index >= 15 is 0 Å². The van der Waals surface area contributed by atoms with Crippen LogP contribution in [-0.4, -0.2) is 19.0 Å². The number of methoxy groups -OCH3 is 1. The number of anilines is 3. The van der Waals surface area contributed by atoms with Gasteiger partial charge in [0.15, 0.2) is 0 Å². The first kappa shape index (κ1) is 19.5. The molecule has 5 nitrogen and oxygen atoms in total. The minimum Gasteiger partial charge on any atom is -0.465 e. The van der Waals surface area contributed by atoms with Gasteiger partial charge < -0.3 is 15.4 Å². The molecule has 1 amide bonds. The van der Waals surface area contributed by atoms with Crippen molar-refractivity contribution in [1.82, 2.24) is 0 Å². The normalized spacial score (nSPS) is 10.2. The Bertz CT molecular complexity index is 973. The van der Waals surface area contributed by atoms with Crippen LogP contribution in [0.25, 0.3) is 0 Å². The fraction of sp³-hybridized carbons (Fsp3) is 0.0909. The maximum absolute atomic E-state index is 12.1. The molecule has 0 saturated heterocycles. The first-order chi connectivity index (χ1) is 13.5. The number of halogens is 1. The van der Waals surface area contributed by atoms with Gasteiger partial charge in [0.1, 0.15) is 0 Å². The lowest BCUT2D eigenvalue weighted by Crippen LogP contribution is -2.14. The highest BCUT2D eigenvalue weighted by Crippen LogP contribution is 2.27. The lowest BCUT2D eigenvalue weighted by atomic mass is 10.1. The van der Waals surface area contributed by atoms with Gasteiger partial charge in [0.2, 0.25) is 5.91 Å². The van der Waals surface area contributed by atoms with Crippen molar-refractivity contribution in [3.05, 3.63) is 88.9 Å². The lowest BCUT2D eigenvalue weighted by molar-refractivity contribution is -0.115. The summed E-state index contributed by atoms with van der Waals surface area (Å²) >= 11 is 6.20. The SMILES string of the molecule is COC(=O)c1ccc(Cl)c(Nc2ccc(NC(=O)Cc3ccccc3)cc2)c1. The highest BCUT2D eigenvalue weighted by molar-refractivity contribution is 6.33. The van der Waals surface area contributed by atoms with E-state index in [1.54, 1.807) is 30.3 Å². The van der Waals surface area contributed by atoms with Crippen LogP contribution in [0.5, 0.6) is 0 Å². The molecule has 0 spiro atoms. The van der Waals surface area contributed by atoms with E-state index in [2.05, 4.69) is 10.6 Å². The van der Waals surface area contributed by atoms with E-state index in [0.29, 0.717) is 28.4 Å². The van der Waals surface area contributed by atoms with Gasteiger partial charge in [-0.3, -0.25) is 4.79 Å². The van der Waals surface area contributed by atoms with Crippen molar-refractivity contribution in [2.45, 2.75) is 6.42 Å². The van der Waals surface area contributed by atoms with E-state index in [1.165, 1.54) is 7.11 Å². The number of hydrogen-bond donors (Lipinski definition) is 2. The Morgan fingerprint density at radius 2 is 1.61 bits per heavy atom. The third kappa shape index (κ3) is 5.11. The second kappa shape index (κ2) is 9.06. The Morgan fingerprint density at radius 1 is 0.929 bits per heavy atom. The maximum Gasteiger partial charge on any atom is 0.337 e. The number of nitrogens with one attached hydrogen (secondary N) is 2. The molecule has 0 aliphatic heterocycles. The molecule has 0 radical (unpaired) electrons. The van der Waals surface area contributed by atoms with Gasteiger partial charge in [-0.1, -0.05) is 41.9 Å². The zero-order chi connectivity index (χ0) is 19.9. The minimum absolute atomic E-state index is 0.0827. The van der Waals surface area contributed by atoms with Crippen LogP contribution in [0.15, 0.2) is 72.8 Å². The van der Waals surface area contributed by atoms with Crippen LogP contribution in [-0.2, 0) is 16.0 Å². The van der Waals surface area contributed by atoms with Crippen molar-refractivity contribution in [2.75, 3.05) is 17.7 Å². The van der Waals surface area contributed by atoms with Gasteiger partial charge in [0.05, 0.1) is 29.8 Å². The summed E-state index contributed by atoms with van der Waals surface area (Å²) in [4.78, 5) is 23.8. The molecule has 0 aliphatic rings. The monoisotopic (exact) mass is 394 g/mol. The number of ether oxygens (including phenoxy) is 1. The third-order valence-corrected chi connectivity index (χ3v) is 4.37. The molecule has 28 heavy (non-hydrogen) atoms. The number of benzene rings is 3. The second-order valence-corrected chi connectivity index (χ2v) is 6.51. The van der Waals surface area contributed by atoms with Gasteiger partial charge in [-0.15, -0.1) is 0 Å². The van der Waals surface area contributed by atoms with E-state index in [-0.39, 0.29) is 5.91 Å². The van der Waals surface area contributed by atoms with Crippen molar-refractivity contribution in [2.24, 2.45) is 0 Å². The maximum atomic E-state index is 12.1. The zero-order valence-corrected chi connectivity index (χ0v) is 16.0. The Kier molecular flexibility index (Phi) is 6.29. The van der Waals surface area contributed by atoms with Gasteiger partial charge >= 0.3 is 5.97 Å². The van der Waals surface area contributed by atoms with Crippen molar-refractivity contribution in [3.8, 4) is 0 Å². The molecule has 0 unspecified atom stereocenters. The Hall–Kier alpha value is -3.31. The summed E-state index contributed by atoms with van der Waals surface area (Å²) in [5.41, 5.74) is 3.41. The molecule has 6 heteroatoms. The molecule has 142 valence electrons. The molecule has 3 aromatic carbocycles. The standard InChI is InChI=1S/C22H19ClN2O3/c1-28-22(27)16-7-12-19(23)20(14-16)24-17-8-10-18(11-9-17)25-21(26)13-15-5-3-2-4-6-15/h2-12,14,24H,13H2,1H3,(H,25,26). The first-order valence-corrected chi connectivity index (χ1v) is 9.01. The molecule has 0 atom stereocenters. The van der Waals surface area contributed by atoms with Crippen molar-refractivity contribution in [1.29, 1.82) is 0 Å². The van der Waals surface area contributed by atoms with E-state index < -0.39 is 5.97 Å². The van der Waals surface area contributed by atoms with Crippen LogP contribution < -0.4 is 10.6 Å². The Morgan fingerprint density at radius 3 is 2.29 bits per heavy atom. The number of amides is 1. The predicted octanol–water partition coefficient (Wildman–Crippen LogP) is 5.05. The van der Waals surface area contributed by atoms with E-state index in [4.69, 9.17) is 16.3 Å². The average Bonchev–Trinajstić information content (AvgIpc) is 2.71. The topological polar surface area (TPSA) is 67.4 Å². The van der Waals surface area contributed by atoms with Gasteiger partial charge in [-0.25, -0.2) is 4.79 Å². The fourth-order valence-electron chi connectivity index (χ4n) is 2.64. The number of rotatable bonds is 6. The van der Waals surface area contributed by atoms with Crippen LogP contribution in [0.4, 0.5) is 17.1 Å². The van der Waals surface area contributed by atoms with Crippen molar-refractivity contribution < 1.29 is 14.3 Å². The Balaban J connectivity index is 1.65. The zero-order valence-electron chi connectivity index (χ0n) is 15.2. The van der Waals surface area contributed by atoms with E-state index in [9.17, 15) is 9.59 Å². The van der Waals surface area contributed by atoms with Gasteiger partial charge in [-0.2, -0.15) is 0 Å². The molecular formula is C22H19ClN2O3. The van der Waals surface area contributed by atoms with Crippen LogP contribution >= 0.6 is 11.6 Å². The van der Waals surface area contributed by atoms with Gasteiger partial charge in [0.25, 0.3) is 0 Å². The van der Waals surface area contributed by atoms with Crippen LogP contribution in [0.3, 0.4) is 0 Å². The second-order valence-electron chi connectivity index (χ2n) is 6.10. The summed E-state index contributed by atoms with van der Waals surface area (Å²) in [6.07, 6.45) is 0.316. The summed E-state index contributed by atoms with van der Waals surface area (Å²) < 4.78 is 4.73. The first-order valence-electron chi connectivity index (χ1n) is 8.64. The van der Waals surface area contributed by atoms with Crippen molar-refractivity contribution >= 4 is 40.5 Å². The molecule has 3 rings (SSSR count). The third-order valence-electron chi connectivity index (χ3n) is 4.04. The quantitative estimate of drug-likeness (QED) is 0.574. The number of esters is 1. The highest BCUT2D eigenvalue weighted by Gasteiger charge is 2.09. The lowest BCUT2D eigenvalue weighted by Gasteiger charge is -2.11. The molecule has 0 saturated carbocycles. The number of carbonyl (C=O) groups is 2. The van der Waals surface area contributed by atoms with Crippen LogP contribution in [0.2, 0.25) is 5.02 Å². The largest absolute Gasteiger partial charge is 0.465 e. The highest BCUT2D eigenvalue weighted by atomic mass is 35.5. The number of hydrogen-bond acceptors (Lipinski definition) is 4. The van der Waals surface area contributed by atoms with Crippen molar-refractivity contribution in [3.63, 3.8) is 0 Å². The summed E-state index contributed by atoms with van der Waals surface area (Å²) in [5, 5.41) is 6.51. The molecule has 2 N–H and O–H groups in total. The molecule has 0 heterocycles. The summed E-state index contributed by atoms with van der Waals surface area (Å²) in [6.45, 7) is 0. The molecule has 0 aliphatic carbocycles. The van der Waals surface area contributed by atoms with Gasteiger partial charge in [0, 0.05) is 11.4 Å². The van der Waals surface area contributed by atoms with E-state index in [1.807, 2.05) is 42.5 Å². The molecule has 3 aromatic rings.